The summed E-state index contributed by atoms with van der Waals surface area (Å²) in [5.74, 6) is -1.26. The van der Waals surface area contributed by atoms with Gasteiger partial charge in [-0.15, -0.1) is 39.2 Å². The number of nitrogens with zero attached hydrogens (tertiary/aromatic N) is 4. The molecule has 3 aliphatic rings. The van der Waals surface area contributed by atoms with E-state index in [0.29, 0.717) is 45.4 Å². The summed E-state index contributed by atoms with van der Waals surface area (Å²) < 4.78 is 10.9. The van der Waals surface area contributed by atoms with Crippen LogP contribution in [0.15, 0.2) is 41.8 Å². The van der Waals surface area contributed by atoms with Gasteiger partial charge in [0.15, 0.2) is 5.78 Å². The van der Waals surface area contributed by atoms with Crippen molar-refractivity contribution in [1.29, 1.82) is 0 Å². The molecule has 8 bridgehead atoms. The van der Waals surface area contributed by atoms with E-state index in [1.165, 1.54) is 63.7 Å². The zero-order valence-corrected chi connectivity index (χ0v) is 42.4. The van der Waals surface area contributed by atoms with E-state index < -0.39 is 23.8 Å². The van der Waals surface area contributed by atoms with Gasteiger partial charge in [-0.2, -0.15) is 5.70 Å². The number of carbonyl (C=O) groups excluding carboxylic acids is 3. The number of Topliss-reactive ketones (excluding diaryl/α,β-unsaturated/α-hetero) is 1. The van der Waals surface area contributed by atoms with Crippen LogP contribution in [0.5, 0.6) is 0 Å². The molecule has 1 aliphatic carbocycles. The smallest absolute Gasteiger partial charge is 0.664 e. The number of ether oxygens (including phenoxy) is 2. The van der Waals surface area contributed by atoms with E-state index in [2.05, 4.69) is 55.0 Å². The fourth-order valence-corrected chi connectivity index (χ4v) is 9.78. The molecule has 0 amide bonds. The third-order valence-electron chi connectivity index (χ3n) is 13.9. The van der Waals surface area contributed by atoms with Gasteiger partial charge in [-0.25, -0.2) is 4.79 Å². The van der Waals surface area contributed by atoms with Gasteiger partial charge in [0.1, 0.15) is 12.5 Å². The first-order valence-electron chi connectivity index (χ1n) is 23.7. The number of carbonyl (C=O) groups is 3. The molecule has 5 atom stereocenters. The first-order chi connectivity index (χ1) is 30.6. The largest absolute Gasteiger partial charge is 2.00 e. The van der Waals surface area contributed by atoms with E-state index in [9.17, 15) is 14.4 Å². The minimum Gasteiger partial charge on any atom is -0.664 e. The van der Waals surface area contributed by atoms with Gasteiger partial charge in [0, 0.05) is 11.6 Å². The predicted molar refractivity (Wildman–Crippen MR) is 264 cm³/mol. The van der Waals surface area contributed by atoms with Crippen molar-refractivity contribution < 1.29 is 23.9 Å². The standard InChI is InChI=1S/C55H71N4O5.Mg/c1-13-39-35(8)42-28-44-37(10)41(24-25-48(60)64-27-26-34(7)23-17-22-33(6)21-16-20-32(5)19-15-18-31(3)4)52(58-44)50-51(55(62)63-12)54(61)49-38(11)45(59-53(49)50)30-47-40(14-2)36(9)43(57-47)29-46(39)56-42;/h13,24-26,28-33,37,41,51H,1,14-23,27H2,2-12H3,(H-,58,59,61);/q-3;+2/p-1/b25-24+,34-26+,43-29-,44-28-,47-30-;/t32-,33-,37+,41+,51-;/m1./s1. The second kappa shape index (κ2) is 22.8. The molecule has 10 heteroatoms. The molecule has 3 aromatic rings. The first-order valence-corrected chi connectivity index (χ1v) is 23.7. The number of hydrogen-bond donors (Lipinski definition) is 0. The van der Waals surface area contributed by atoms with Gasteiger partial charge in [-0.3, -0.25) is 9.59 Å². The molecule has 344 valence electrons. The Bertz CT molecular complexity index is 2500. The van der Waals surface area contributed by atoms with Crippen LogP contribution >= 0.6 is 0 Å². The van der Waals surface area contributed by atoms with Crippen molar-refractivity contribution in [2.45, 2.75) is 133 Å². The van der Waals surface area contributed by atoms with E-state index in [-0.39, 0.29) is 41.4 Å². The monoisotopic (exact) mass is 891 g/mol. The second-order valence-corrected chi connectivity index (χ2v) is 19.1. The van der Waals surface area contributed by atoms with Crippen LogP contribution in [0.3, 0.4) is 0 Å². The number of rotatable bonds is 19. The summed E-state index contributed by atoms with van der Waals surface area (Å²) in [6, 6.07) is 0. The summed E-state index contributed by atoms with van der Waals surface area (Å²) in [6.07, 6.45) is 24.9. The van der Waals surface area contributed by atoms with Crippen LogP contribution in [-0.4, -0.2) is 54.5 Å². The van der Waals surface area contributed by atoms with Crippen molar-refractivity contribution in [3.63, 3.8) is 0 Å². The second-order valence-electron chi connectivity index (χ2n) is 19.1. The number of esters is 2. The molecule has 65 heavy (non-hydrogen) atoms. The van der Waals surface area contributed by atoms with Gasteiger partial charge in [0.25, 0.3) is 0 Å². The van der Waals surface area contributed by atoms with Crippen molar-refractivity contribution in [3.8, 4) is 0 Å². The fraction of sp³-hybridized carbons (Fsp3) is 0.509. The predicted octanol–water partition coefficient (Wildman–Crippen LogP) is 10.1. The maximum atomic E-state index is 14.3. The van der Waals surface area contributed by atoms with Gasteiger partial charge in [0.2, 0.25) is 0 Å². The number of aromatic nitrogens is 3. The van der Waals surface area contributed by atoms with E-state index in [4.69, 9.17) is 29.7 Å². The Morgan fingerprint density at radius 3 is 2.14 bits per heavy atom. The van der Waals surface area contributed by atoms with Crippen LogP contribution in [0.4, 0.5) is 0 Å². The molecule has 5 heterocycles. The Morgan fingerprint density at radius 2 is 1.49 bits per heavy atom. The van der Waals surface area contributed by atoms with Gasteiger partial charge in [-0.05, 0) is 88.2 Å². The minimum absolute atomic E-state index is 0. The van der Waals surface area contributed by atoms with Crippen LogP contribution < -0.4 is 25.7 Å². The summed E-state index contributed by atoms with van der Waals surface area (Å²) in [5.41, 5.74) is 10.3. The van der Waals surface area contributed by atoms with Crippen LogP contribution in [0.2, 0.25) is 0 Å². The molecule has 0 spiro atoms. The van der Waals surface area contributed by atoms with E-state index in [1.807, 2.05) is 51.2 Å². The van der Waals surface area contributed by atoms with Gasteiger partial charge >= 0.3 is 35.0 Å². The number of ketones is 1. The Morgan fingerprint density at radius 1 is 0.846 bits per heavy atom. The third-order valence-corrected chi connectivity index (χ3v) is 13.9. The summed E-state index contributed by atoms with van der Waals surface area (Å²) in [4.78, 5) is 56.4. The maximum absolute atomic E-state index is 14.3. The SMILES string of the molecule is C=Cc1c2[n-]c(c1C)/C=C1\[N-]/C(=C3\c4[n-]c(c(C)c4C(=O)[C@@H]3C(=O)OC)/C=c3\[n-]/c(c(C)c3CC)=C\2)[C@@H](/C=C/C(=O)OC/C=C(\C)CCC[C@H](C)CCC[C@H](C)CCCC(C)C)[C@@H]1C.[Mg+2]. The van der Waals surface area contributed by atoms with E-state index in [1.54, 1.807) is 6.08 Å². The molecule has 9 nitrogen and oxygen atoms in total. The Kier molecular flexibility index (Phi) is 18.0. The van der Waals surface area contributed by atoms with Gasteiger partial charge in [0.05, 0.1) is 7.11 Å². The molecule has 1 fully saturated rings. The Balaban J connectivity index is 0.00000793. The minimum atomic E-state index is -1.25. The average Bonchev–Trinajstić information content (AvgIpc) is 3.99. The number of fused-ring (bicyclic) bond motifs is 7. The summed E-state index contributed by atoms with van der Waals surface area (Å²) in [5, 5.41) is 6.76. The molecule has 3 aromatic heterocycles. The summed E-state index contributed by atoms with van der Waals surface area (Å²) >= 11 is 0. The van der Waals surface area contributed by atoms with Crippen LogP contribution in [0.1, 0.15) is 167 Å². The molecule has 0 saturated carbocycles. The molecule has 1 saturated heterocycles. The zero-order chi connectivity index (χ0) is 46.4. The third kappa shape index (κ3) is 11.5. The Labute approximate surface area is 404 Å². The van der Waals surface area contributed by atoms with Gasteiger partial charge in [-0.1, -0.05) is 157 Å². The first kappa shape index (κ1) is 51.4. The fourth-order valence-electron chi connectivity index (χ4n) is 9.78. The molecule has 0 aromatic carbocycles. The van der Waals surface area contributed by atoms with Crippen molar-refractivity contribution >= 4 is 70.7 Å². The number of methoxy groups -OCH3 is 1. The summed E-state index contributed by atoms with van der Waals surface area (Å²) in [7, 11) is 1.28. The normalized spacial score (nSPS) is 21.8. The molecule has 2 aliphatic heterocycles. The van der Waals surface area contributed by atoms with Crippen molar-refractivity contribution in [2.75, 3.05) is 13.7 Å². The van der Waals surface area contributed by atoms with Gasteiger partial charge < -0.3 is 29.7 Å². The maximum Gasteiger partial charge on any atom is 2.00 e. The average molecular weight is 891 g/mol. The molecule has 0 unspecified atom stereocenters. The summed E-state index contributed by atoms with van der Waals surface area (Å²) in [6.45, 7) is 25.8. The molecule has 0 radical (unpaired) electrons. The van der Waals surface area contributed by atoms with E-state index in [0.717, 1.165) is 75.4 Å². The number of allylic oxidation sites excluding steroid dienone is 3. The topological polar surface area (TPSA) is 126 Å². The Hall–Kier alpha value is -4.54. The van der Waals surface area contributed by atoms with Crippen LogP contribution in [-0.2, 0) is 25.5 Å². The molecule has 6 rings (SSSR count). The van der Waals surface area contributed by atoms with Crippen LogP contribution in [0.25, 0.3) is 35.2 Å². The molecular formula is C55H70MgN4O5-2. The van der Waals surface area contributed by atoms with Crippen molar-refractivity contribution in [2.24, 2.45) is 35.5 Å². The molecular weight excluding hydrogens is 821 g/mol. The van der Waals surface area contributed by atoms with E-state index >= 15 is 0 Å². The van der Waals surface area contributed by atoms with Crippen molar-refractivity contribution in [1.82, 2.24) is 15.0 Å². The quantitative estimate of drug-likeness (QED) is 0.0383. The van der Waals surface area contributed by atoms with Crippen LogP contribution in [0, 0.1) is 56.3 Å². The number of hydrogen-bond acceptors (Lipinski definition) is 5. The van der Waals surface area contributed by atoms with Crippen molar-refractivity contribution in [3.05, 3.63) is 114 Å². The zero-order valence-electron chi connectivity index (χ0n) is 41.0. The molecule has 0 N–H and O–H groups in total.